The molecule has 10 heteroatoms. The van der Waals surface area contributed by atoms with Crippen molar-refractivity contribution >= 4 is 5.91 Å². The van der Waals surface area contributed by atoms with E-state index in [2.05, 4.69) is 10.2 Å². The summed E-state index contributed by atoms with van der Waals surface area (Å²) in [4.78, 5) is 14.0. The smallest absolute Gasteiger partial charge is 0.426 e. The standard InChI is InChI=1S/C18H15F3N4O3/c1-11-2-4-12(5-3-11)27-15-7-6-13(28-15)16(26)24-8-9-25-14(10-24)22-23-17(25)18(19,20)21/h2-7H,8-10H2,1H3. The Kier molecular flexibility index (Phi) is 4.33. The van der Waals surface area contributed by atoms with Gasteiger partial charge in [0.2, 0.25) is 5.82 Å². The lowest BCUT2D eigenvalue weighted by Crippen LogP contribution is -2.39. The van der Waals surface area contributed by atoms with Gasteiger partial charge in [-0.15, -0.1) is 10.2 Å². The number of alkyl halides is 3. The average molecular weight is 392 g/mol. The number of halogens is 3. The lowest BCUT2D eigenvalue weighted by atomic mass is 10.2. The van der Waals surface area contributed by atoms with Crippen molar-refractivity contribution in [3.8, 4) is 11.7 Å². The predicted octanol–water partition coefficient (Wildman–Crippen LogP) is 3.65. The molecule has 4 rings (SSSR count). The van der Waals surface area contributed by atoms with Crippen LogP contribution in [0.15, 0.2) is 40.8 Å². The van der Waals surface area contributed by atoms with E-state index in [-0.39, 0.29) is 37.2 Å². The Hall–Kier alpha value is -3.30. The van der Waals surface area contributed by atoms with Gasteiger partial charge in [-0.1, -0.05) is 17.7 Å². The third-order valence-electron chi connectivity index (χ3n) is 4.33. The number of nitrogens with zero attached hydrogens (tertiary/aromatic N) is 4. The van der Waals surface area contributed by atoms with Crippen molar-refractivity contribution < 1.29 is 27.1 Å². The van der Waals surface area contributed by atoms with Crippen LogP contribution >= 0.6 is 0 Å². The SMILES string of the molecule is Cc1ccc(Oc2ccc(C(=O)N3CCn4c(nnc4C(F)(F)F)C3)o2)cc1. The number of benzene rings is 1. The molecule has 1 aromatic carbocycles. The van der Waals surface area contributed by atoms with Crippen LogP contribution in [0.1, 0.15) is 27.8 Å². The Morgan fingerprint density at radius 1 is 1.11 bits per heavy atom. The van der Waals surface area contributed by atoms with Crippen LogP contribution in [0, 0.1) is 6.92 Å². The predicted molar refractivity (Wildman–Crippen MR) is 89.7 cm³/mol. The molecule has 1 amide bonds. The number of hydrogen-bond acceptors (Lipinski definition) is 5. The number of fused-ring (bicyclic) bond motifs is 1. The van der Waals surface area contributed by atoms with E-state index in [0.29, 0.717) is 5.75 Å². The normalized spacial score (nSPS) is 14.1. The fraction of sp³-hybridized carbons (Fsp3) is 0.278. The average Bonchev–Trinajstić information content (AvgIpc) is 3.29. The minimum Gasteiger partial charge on any atom is -0.426 e. The van der Waals surface area contributed by atoms with Gasteiger partial charge in [0.05, 0.1) is 6.54 Å². The van der Waals surface area contributed by atoms with E-state index in [0.717, 1.165) is 10.1 Å². The van der Waals surface area contributed by atoms with Crippen LogP contribution in [0.5, 0.6) is 11.7 Å². The van der Waals surface area contributed by atoms with Crippen molar-refractivity contribution in [2.75, 3.05) is 6.54 Å². The molecular weight excluding hydrogens is 377 g/mol. The molecule has 0 fully saturated rings. The highest BCUT2D eigenvalue weighted by molar-refractivity contribution is 5.91. The molecule has 3 heterocycles. The van der Waals surface area contributed by atoms with Gasteiger partial charge in [0, 0.05) is 19.2 Å². The summed E-state index contributed by atoms with van der Waals surface area (Å²) in [6.45, 7) is 1.90. The summed E-state index contributed by atoms with van der Waals surface area (Å²) in [5, 5.41) is 6.76. The topological polar surface area (TPSA) is 73.4 Å². The second kappa shape index (κ2) is 6.70. The first-order valence-corrected chi connectivity index (χ1v) is 8.44. The number of furan rings is 1. The fourth-order valence-corrected chi connectivity index (χ4v) is 2.91. The quantitative estimate of drug-likeness (QED) is 0.680. The first-order valence-electron chi connectivity index (χ1n) is 8.44. The highest BCUT2D eigenvalue weighted by Crippen LogP contribution is 2.30. The van der Waals surface area contributed by atoms with Gasteiger partial charge in [0.15, 0.2) is 11.6 Å². The molecule has 0 radical (unpaired) electrons. The third-order valence-corrected chi connectivity index (χ3v) is 4.33. The van der Waals surface area contributed by atoms with Crippen LogP contribution in [-0.2, 0) is 19.3 Å². The van der Waals surface area contributed by atoms with Gasteiger partial charge in [-0.3, -0.25) is 4.79 Å². The number of carbonyl (C=O) groups excluding carboxylic acids is 1. The van der Waals surface area contributed by atoms with Crippen LogP contribution in [0.4, 0.5) is 13.2 Å². The lowest BCUT2D eigenvalue weighted by Gasteiger charge is -2.27. The summed E-state index contributed by atoms with van der Waals surface area (Å²) in [5.74, 6) is -0.694. The number of aromatic nitrogens is 3. The van der Waals surface area contributed by atoms with Crippen molar-refractivity contribution in [2.45, 2.75) is 26.2 Å². The van der Waals surface area contributed by atoms with Gasteiger partial charge >= 0.3 is 6.18 Å². The molecule has 2 aromatic heterocycles. The maximum atomic E-state index is 12.9. The molecule has 28 heavy (non-hydrogen) atoms. The molecule has 0 aliphatic carbocycles. The highest BCUT2D eigenvalue weighted by atomic mass is 19.4. The molecule has 0 bridgehead atoms. The summed E-state index contributed by atoms with van der Waals surface area (Å²) >= 11 is 0. The number of rotatable bonds is 3. The second-order valence-corrected chi connectivity index (χ2v) is 6.35. The minimum absolute atomic E-state index is 0.0334. The van der Waals surface area contributed by atoms with Crippen LogP contribution in [0.25, 0.3) is 0 Å². The van der Waals surface area contributed by atoms with E-state index < -0.39 is 17.9 Å². The van der Waals surface area contributed by atoms with Crippen LogP contribution in [0.3, 0.4) is 0 Å². The second-order valence-electron chi connectivity index (χ2n) is 6.35. The largest absolute Gasteiger partial charge is 0.451 e. The monoisotopic (exact) mass is 392 g/mol. The first kappa shape index (κ1) is 18.1. The summed E-state index contributed by atoms with van der Waals surface area (Å²) in [7, 11) is 0. The number of carbonyl (C=O) groups is 1. The molecule has 0 N–H and O–H groups in total. The lowest BCUT2D eigenvalue weighted by molar-refractivity contribution is -0.147. The van der Waals surface area contributed by atoms with Gasteiger partial charge in [-0.25, -0.2) is 0 Å². The van der Waals surface area contributed by atoms with Crippen molar-refractivity contribution in [3.05, 3.63) is 59.4 Å². The van der Waals surface area contributed by atoms with E-state index in [9.17, 15) is 18.0 Å². The summed E-state index contributed by atoms with van der Waals surface area (Å²) in [5.41, 5.74) is 1.08. The Morgan fingerprint density at radius 2 is 1.86 bits per heavy atom. The molecule has 0 saturated heterocycles. The van der Waals surface area contributed by atoms with Crippen molar-refractivity contribution in [3.63, 3.8) is 0 Å². The fourth-order valence-electron chi connectivity index (χ4n) is 2.91. The van der Waals surface area contributed by atoms with E-state index in [1.807, 2.05) is 19.1 Å². The summed E-state index contributed by atoms with van der Waals surface area (Å²) in [6, 6.07) is 10.3. The number of ether oxygens (including phenoxy) is 1. The van der Waals surface area contributed by atoms with E-state index >= 15 is 0 Å². The summed E-state index contributed by atoms with van der Waals surface area (Å²) in [6.07, 6.45) is -4.58. The van der Waals surface area contributed by atoms with Gasteiger partial charge in [0.1, 0.15) is 5.75 Å². The molecule has 0 unspecified atom stereocenters. The number of hydrogen-bond donors (Lipinski definition) is 0. The molecule has 7 nitrogen and oxygen atoms in total. The van der Waals surface area contributed by atoms with Crippen molar-refractivity contribution in [1.29, 1.82) is 0 Å². The maximum Gasteiger partial charge on any atom is 0.451 e. The van der Waals surface area contributed by atoms with E-state index in [4.69, 9.17) is 9.15 Å². The Labute approximate surface area is 157 Å². The van der Waals surface area contributed by atoms with Crippen molar-refractivity contribution in [1.82, 2.24) is 19.7 Å². The van der Waals surface area contributed by atoms with Crippen LogP contribution in [0.2, 0.25) is 0 Å². The third kappa shape index (κ3) is 3.45. The van der Waals surface area contributed by atoms with E-state index in [1.54, 1.807) is 12.1 Å². The van der Waals surface area contributed by atoms with Gasteiger partial charge in [-0.05, 0) is 25.1 Å². The molecule has 1 aliphatic rings. The first-order chi connectivity index (χ1) is 13.3. The Morgan fingerprint density at radius 3 is 2.57 bits per heavy atom. The molecular formula is C18H15F3N4O3. The maximum absolute atomic E-state index is 12.9. The number of amides is 1. The van der Waals surface area contributed by atoms with E-state index in [1.165, 1.54) is 17.0 Å². The van der Waals surface area contributed by atoms with Crippen LogP contribution < -0.4 is 4.74 Å². The van der Waals surface area contributed by atoms with Gasteiger partial charge in [0.25, 0.3) is 11.9 Å². The molecule has 1 aliphatic heterocycles. The molecule has 146 valence electrons. The summed E-state index contributed by atoms with van der Waals surface area (Å²) < 4.78 is 50.7. The minimum atomic E-state index is -4.58. The Bertz CT molecular complexity index is 1010. The Balaban J connectivity index is 1.46. The zero-order chi connectivity index (χ0) is 19.9. The van der Waals surface area contributed by atoms with Crippen LogP contribution in [-0.4, -0.2) is 32.1 Å². The zero-order valence-electron chi connectivity index (χ0n) is 14.7. The highest BCUT2D eigenvalue weighted by Gasteiger charge is 2.40. The van der Waals surface area contributed by atoms with Gasteiger partial charge < -0.3 is 18.6 Å². The van der Waals surface area contributed by atoms with Crippen molar-refractivity contribution in [2.24, 2.45) is 0 Å². The zero-order valence-corrected chi connectivity index (χ0v) is 14.7. The number of aryl methyl sites for hydroxylation is 1. The molecule has 0 spiro atoms. The molecule has 0 saturated carbocycles. The van der Waals surface area contributed by atoms with Gasteiger partial charge in [-0.2, -0.15) is 13.2 Å². The molecule has 3 aromatic rings. The molecule has 0 atom stereocenters.